The maximum atomic E-state index is 13.0. The molecule has 2 aromatic carbocycles. The standard InChI is InChI=1S/C17H17BrFNO2/c1-12-4-2-5-14(10-12)22-9-3-8-20-17(21)15-7-6-13(19)11-16(15)18/h2,4-7,10-11H,3,8-9H2,1H3,(H,20,21). The van der Waals surface area contributed by atoms with Crippen LogP contribution in [0.1, 0.15) is 22.3 Å². The highest BCUT2D eigenvalue weighted by atomic mass is 79.9. The quantitative estimate of drug-likeness (QED) is 0.782. The summed E-state index contributed by atoms with van der Waals surface area (Å²) < 4.78 is 19.0. The van der Waals surface area contributed by atoms with Gasteiger partial charge in [-0.25, -0.2) is 4.39 Å². The minimum Gasteiger partial charge on any atom is -0.494 e. The van der Waals surface area contributed by atoms with E-state index in [-0.39, 0.29) is 11.7 Å². The van der Waals surface area contributed by atoms with Gasteiger partial charge < -0.3 is 10.1 Å². The third-order valence-electron chi connectivity index (χ3n) is 3.04. The van der Waals surface area contributed by atoms with Gasteiger partial charge in [0, 0.05) is 11.0 Å². The zero-order valence-electron chi connectivity index (χ0n) is 12.2. The molecule has 0 aromatic heterocycles. The number of amides is 1. The van der Waals surface area contributed by atoms with E-state index in [4.69, 9.17) is 4.74 Å². The van der Waals surface area contributed by atoms with Crippen molar-refractivity contribution in [1.82, 2.24) is 5.32 Å². The number of benzene rings is 2. The van der Waals surface area contributed by atoms with E-state index in [1.165, 1.54) is 18.2 Å². The average Bonchev–Trinajstić information content (AvgIpc) is 2.46. The molecule has 0 aliphatic carbocycles. The Bertz CT molecular complexity index is 661. The lowest BCUT2D eigenvalue weighted by molar-refractivity contribution is 0.0950. The van der Waals surface area contributed by atoms with Crippen molar-refractivity contribution in [2.24, 2.45) is 0 Å². The molecule has 0 unspecified atom stereocenters. The summed E-state index contributed by atoms with van der Waals surface area (Å²) in [7, 11) is 0. The van der Waals surface area contributed by atoms with Crippen LogP contribution in [0.2, 0.25) is 0 Å². The summed E-state index contributed by atoms with van der Waals surface area (Å²) in [4.78, 5) is 12.0. The van der Waals surface area contributed by atoms with Gasteiger partial charge in [-0.3, -0.25) is 4.79 Å². The summed E-state index contributed by atoms with van der Waals surface area (Å²) in [5.41, 5.74) is 1.56. The lowest BCUT2D eigenvalue weighted by atomic mass is 10.2. The van der Waals surface area contributed by atoms with E-state index in [9.17, 15) is 9.18 Å². The van der Waals surface area contributed by atoms with Crippen LogP contribution in [0.25, 0.3) is 0 Å². The van der Waals surface area contributed by atoms with E-state index in [0.717, 1.165) is 11.3 Å². The molecule has 0 spiro atoms. The van der Waals surface area contributed by atoms with Gasteiger partial charge in [0.05, 0.1) is 12.2 Å². The summed E-state index contributed by atoms with van der Waals surface area (Å²) in [5.74, 6) is 0.213. The Morgan fingerprint density at radius 1 is 1.27 bits per heavy atom. The molecular weight excluding hydrogens is 349 g/mol. The fourth-order valence-corrected chi connectivity index (χ4v) is 2.47. The smallest absolute Gasteiger partial charge is 0.252 e. The molecule has 116 valence electrons. The number of hydrogen-bond donors (Lipinski definition) is 1. The van der Waals surface area contributed by atoms with Gasteiger partial charge in [-0.15, -0.1) is 0 Å². The van der Waals surface area contributed by atoms with E-state index >= 15 is 0 Å². The van der Waals surface area contributed by atoms with Crippen LogP contribution in [-0.4, -0.2) is 19.1 Å². The van der Waals surface area contributed by atoms with Crippen molar-refractivity contribution < 1.29 is 13.9 Å². The highest BCUT2D eigenvalue weighted by Gasteiger charge is 2.09. The Hall–Kier alpha value is -1.88. The first-order chi connectivity index (χ1) is 10.6. The Kier molecular flexibility index (Phi) is 5.95. The van der Waals surface area contributed by atoms with Crippen LogP contribution in [0.5, 0.6) is 5.75 Å². The van der Waals surface area contributed by atoms with Gasteiger partial charge in [-0.1, -0.05) is 12.1 Å². The third-order valence-corrected chi connectivity index (χ3v) is 3.70. The topological polar surface area (TPSA) is 38.3 Å². The number of carbonyl (C=O) groups excluding carboxylic acids is 1. The highest BCUT2D eigenvalue weighted by molar-refractivity contribution is 9.10. The van der Waals surface area contributed by atoms with Gasteiger partial charge in [-0.2, -0.15) is 0 Å². The van der Waals surface area contributed by atoms with Crippen molar-refractivity contribution >= 4 is 21.8 Å². The van der Waals surface area contributed by atoms with Gasteiger partial charge in [0.15, 0.2) is 0 Å². The van der Waals surface area contributed by atoms with Crippen LogP contribution in [0.4, 0.5) is 4.39 Å². The first kappa shape index (κ1) is 16.5. The molecule has 0 bridgehead atoms. The third kappa shape index (κ3) is 4.84. The van der Waals surface area contributed by atoms with Gasteiger partial charge >= 0.3 is 0 Å². The minimum absolute atomic E-state index is 0.234. The number of nitrogens with one attached hydrogen (secondary N) is 1. The van der Waals surface area contributed by atoms with Crippen LogP contribution >= 0.6 is 15.9 Å². The molecule has 5 heteroatoms. The van der Waals surface area contributed by atoms with Crippen LogP contribution in [0.15, 0.2) is 46.9 Å². The van der Waals surface area contributed by atoms with E-state index in [2.05, 4.69) is 21.2 Å². The lowest BCUT2D eigenvalue weighted by Gasteiger charge is -2.09. The van der Waals surface area contributed by atoms with Crippen LogP contribution in [0.3, 0.4) is 0 Å². The summed E-state index contributed by atoms with van der Waals surface area (Å²) in [5, 5.41) is 2.79. The predicted molar refractivity (Wildman–Crippen MR) is 87.7 cm³/mol. The SMILES string of the molecule is Cc1cccc(OCCCNC(=O)c2ccc(F)cc2Br)c1. The Morgan fingerprint density at radius 2 is 2.09 bits per heavy atom. The van der Waals surface area contributed by atoms with Crippen molar-refractivity contribution in [2.45, 2.75) is 13.3 Å². The highest BCUT2D eigenvalue weighted by Crippen LogP contribution is 2.17. The second-order valence-electron chi connectivity index (χ2n) is 4.90. The first-order valence-electron chi connectivity index (χ1n) is 6.99. The molecule has 0 aliphatic rings. The van der Waals surface area contributed by atoms with E-state index < -0.39 is 0 Å². The fraction of sp³-hybridized carbons (Fsp3) is 0.235. The maximum Gasteiger partial charge on any atom is 0.252 e. The number of carbonyl (C=O) groups is 1. The summed E-state index contributed by atoms with van der Waals surface area (Å²) in [6, 6.07) is 11.8. The van der Waals surface area contributed by atoms with Gasteiger partial charge in [0.1, 0.15) is 11.6 Å². The minimum atomic E-state index is -0.380. The number of hydrogen-bond acceptors (Lipinski definition) is 2. The Balaban J connectivity index is 1.73. The van der Waals surface area contributed by atoms with Crippen LogP contribution in [-0.2, 0) is 0 Å². The van der Waals surface area contributed by atoms with Crippen molar-refractivity contribution in [2.75, 3.05) is 13.2 Å². The largest absolute Gasteiger partial charge is 0.494 e. The fourth-order valence-electron chi connectivity index (χ4n) is 1.94. The second-order valence-corrected chi connectivity index (χ2v) is 5.75. The van der Waals surface area contributed by atoms with Gasteiger partial charge in [-0.05, 0) is 65.2 Å². The summed E-state index contributed by atoms with van der Waals surface area (Å²) in [6.45, 7) is 3.02. The summed E-state index contributed by atoms with van der Waals surface area (Å²) in [6.07, 6.45) is 0.693. The maximum absolute atomic E-state index is 13.0. The number of aryl methyl sites for hydroxylation is 1. The van der Waals surface area contributed by atoms with E-state index in [1.54, 1.807) is 0 Å². The Labute approximate surface area is 137 Å². The molecule has 0 saturated heterocycles. The molecular formula is C17H17BrFNO2. The average molecular weight is 366 g/mol. The van der Waals surface area contributed by atoms with Crippen molar-refractivity contribution in [3.63, 3.8) is 0 Å². The van der Waals surface area contributed by atoms with Crippen molar-refractivity contribution in [1.29, 1.82) is 0 Å². The number of halogens is 2. The Morgan fingerprint density at radius 3 is 2.82 bits per heavy atom. The molecule has 0 heterocycles. The summed E-state index contributed by atoms with van der Waals surface area (Å²) >= 11 is 3.18. The molecule has 0 atom stereocenters. The second kappa shape index (κ2) is 7.94. The van der Waals surface area contributed by atoms with Crippen LogP contribution in [0, 0.1) is 12.7 Å². The predicted octanol–water partition coefficient (Wildman–Crippen LogP) is 4.10. The molecule has 22 heavy (non-hydrogen) atoms. The van der Waals surface area contributed by atoms with Crippen LogP contribution < -0.4 is 10.1 Å². The van der Waals surface area contributed by atoms with Crippen molar-refractivity contribution in [3.05, 3.63) is 63.9 Å². The zero-order chi connectivity index (χ0) is 15.9. The zero-order valence-corrected chi connectivity index (χ0v) is 13.8. The molecule has 2 rings (SSSR count). The number of rotatable bonds is 6. The molecule has 0 fully saturated rings. The van der Waals surface area contributed by atoms with Gasteiger partial charge in [0.25, 0.3) is 5.91 Å². The van der Waals surface area contributed by atoms with Gasteiger partial charge in [0.2, 0.25) is 0 Å². The molecule has 1 amide bonds. The van der Waals surface area contributed by atoms with E-state index in [1.807, 2.05) is 31.2 Å². The first-order valence-corrected chi connectivity index (χ1v) is 7.78. The number of ether oxygens (including phenoxy) is 1. The monoisotopic (exact) mass is 365 g/mol. The van der Waals surface area contributed by atoms with Crippen molar-refractivity contribution in [3.8, 4) is 5.75 Å². The molecule has 0 radical (unpaired) electrons. The molecule has 2 aromatic rings. The molecule has 0 aliphatic heterocycles. The molecule has 0 saturated carbocycles. The van der Waals surface area contributed by atoms with E-state index in [0.29, 0.717) is 29.6 Å². The molecule has 3 nitrogen and oxygen atoms in total. The lowest BCUT2D eigenvalue weighted by Crippen LogP contribution is -2.25. The molecule has 1 N–H and O–H groups in total. The normalized spacial score (nSPS) is 10.3.